The van der Waals surface area contributed by atoms with Crippen molar-refractivity contribution in [3.05, 3.63) is 0 Å². The Morgan fingerprint density at radius 3 is 1.42 bits per heavy atom. The first-order valence-electron chi connectivity index (χ1n) is 6.40. The molecule has 0 saturated carbocycles. The third kappa shape index (κ3) is 13.9. The second kappa shape index (κ2) is 14.1. The Bertz CT molecular complexity index is 222. The third-order valence-corrected chi connectivity index (χ3v) is 6.26. The van der Waals surface area contributed by atoms with E-state index in [0.29, 0.717) is 0 Å². The predicted octanol–water partition coefficient (Wildman–Crippen LogP) is 1.00. The van der Waals surface area contributed by atoms with E-state index < -0.39 is 24.1 Å². The van der Waals surface area contributed by atoms with E-state index in [0.717, 1.165) is 0 Å². The smallest absolute Gasteiger partial charge is 0.335 e. The topological polar surface area (TPSA) is 115 Å². The van der Waals surface area contributed by atoms with Crippen LogP contribution in [0.25, 0.3) is 0 Å². The van der Waals surface area contributed by atoms with Gasteiger partial charge in [0.2, 0.25) is 0 Å². The molecule has 0 aromatic carbocycles. The molecule has 2 unspecified atom stereocenters. The van der Waals surface area contributed by atoms with Crippen LogP contribution in [0.4, 0.5) is 0 Å². The van der Waals surface area contributed by atoms with Gasteiger partial charge in [0, 0.05) is 0 Å². The average Bonchev–Trinajstić information content (AvgIpc) is 2.37. The van der Waals surface area contributed by atoms with E-state index in [-0.39, 0.29) is 21.1 Å². The fraction of sp³-hybridized carbons (Fsp3) is 0.833. The van der Waals surface area contributed by atoms with Crippen molar-refractivity contribution < 1.29 is 30.0 Å². The quantitative estimate of drug-likeness (QED) is 0.349. The van der Waals surface area contributed by atoms with Crippen LogP contribution >= 0.6 is 0 Å². The fourth-order valence-electron chi connectivity index (χ4n) is 0.999. The minimum Gasteiger partial charge on any atom is -0.479 e. The number of rotatable bonds is 9. The van der Waals surface area contributed by atoms with Gasteiger partial charge in [0.15, 0.2) is 12.2 Å². The van der Waals surface area contributed by atoms with Crippen molar-refractivity contribution in [3.8, 4) is 0 Å². The fourth-order valence-corrected chi connectivity index (χ4v) is 5.16. The third-order valence-electron chi connectivity index (χ3n) is 2.22. The number of unbranched alkanes of at least 4 members (excludes halogenated alkanes) is 2. The van der Waals surface area contributed by atoms with Gasteiger partial charge in [-0.05, 0) is 0 Å². The van der Waals surface area contributed by atoms with Crippen LogP contribution in [0, 0.1) is 0 Å². The molecule has 0 rings (SSSR count). The molecule has 19 heavy (non-hydrogen) atoms. The molecule has 0 aliphatic rings. The summed E-state index contributed by atoms with van der Waals surface area (Å²) in [7, 11) is 0. The van der Waals surface area contributed by atoms with Crippen molar-refractivity contribution >= 4 is 33.1 Å². The van der Waals surface area contributed by atoms with Gasteiger partial charge in [-0.25, -0.2) is 9.59 Å². The van der Waals surface area contributed by atoms with Crippen LogP contribution < -0.4 is 0 Å². The maximum atomic E-state index is 9.77. The molecule has 6 nitrogen and oxygen atoms in total. The molecule has 0 heterocycles. The first kappa shape index (κ1) is 21.0. The van der Waals surface area contributed by atoms with Gasteiger partial charge in [-0.3, -0.25) is 0 Å². The van der Waals surface area contributed by atoms with E-state index in [1.54, 1.807) is 8.87 Å². The molecule has 0 aromatic heterocycles. The molecule has 0 spiro atoms. The number of aliphatic hydroxyl groups excluding tert-OH is 2. The summed E-state index contributed by atoms with van der Waals surface area (Å²) in [5.41, 5.74) is 0. The van der Waals surface area contributed by atoms with E-state index in [9.17, 15) is 9.59 Å². The molecule has 4 N–H and O–H groups in total. The van der Waals surface area contributed by atoms with E-state index in [1.807, 2.05) is 0 Å². The number of carboxylic acids is 2. The summed E-state index contributed by atoms with van der Waals surface area (Å²) in [6.07, 6.45) is 1.31. The first-order chi connectivity index (χ1) is 8.88. The van der Waals surface area contributed by atoms with E-state index in [4.69, 9.17) is 20.4 Å². The minimum atomic E-state index is -2.27. The molecule has 112 valence electrons. The van der Waals surface area contributed by atoms with Crippen LogP contribution in [0.1, 0.15) is 39.5 Å². The second-order valence-corrected chi connectivity index (χ2v) is 8.30. The summed E-state index contributed by atoms with van der Waals surface area (Å²) in [5, 5.41) is 32.5. The Labute approximate surface area is 124 Å². The number of hydrogen-bond donors (Lipinski definition) is 4. The van der Waals surface area contributed by atoms with Gasteiger partial charge in [-0.2, -0.15) is 0 Å². The van der Waals surface area contributed by atoms with Crippen LogP contribution in [0.5, 0.6) is 0 Å². The summed E-state index contributed by atoms with van der Waals surface area (Å²) in [6.45, 7) is 4.58. The summed E-state index contributed by atoms with van der Waals surface area (Å²) >= 11 is 0.149. The molecule has 7 heteroatoms. The number of aliphatic carboxylic acids is 2. The normalized spacial score (nSPS) is 13.1. The summed E-state index contributed by atoms with van der Waals surface area (Å²) in [5.74, 6) is -3.54. The Balaban J connectivity index is 0. The van der Waals surface area contributed by atoms with Crippen molar-refractivity contribution in [1.82, 2.24) is 0 Å². The van der Waals surface area contributed by atoms with Gasteiger partial charge in [0.1, 0.15) is 0 Å². The molecular formula is C12H24O6Sn. The van der Waals surface area contributed by atoms with Gasteiger partial charge in [0.05, 0.1) is 0 Å². The van der Waals surface area contributed by atoms with E-state index >= 15 is 0 Å². The van der Waals surface area contributed by atoms with Crippen molar-refractivity contribution in [2.24, 2.45) is 0 Å². The monoisotopic (exact) mass is 384 g/mol. The zero-order valence-electron chi connectivity index (χ0n) is 11.5. The summed E-state index contributed by atoms with van der Waals surface area (Å²) in [4.78, 5) is 19.5. The predicted molar refractivity (Wildman–Crippen MR) is 72.5 cm³/mol. The molecule has 0 amide bonds. The SMILES string of the molecule is CCC[CH2][Sn][CH2]CCC.O=C(O)C(O)C(O)C(=O)O. The number of carboxylic acid groups (broad SMARTS) is 2. The summed E-state index contributed by atoms with van der Waals surface area (Å²) in [6, 6.07) is 0. The molecule has 0 aromatic rings. The molecule has 0 aliphatic heterocycles. The van der Waals surface area contributed by atoms with Crippen LogP contribution in [0.15, 0.2) is 0 Å². The van der Waals surface area contributed by atoms with Gasteiger partial charge >= 0.3 is 81.5 Å². The van der Waals surface area contributed by atoms with Gasteiger partial charge < -0.3 is 20.4 Å². The first-order valence-corrected chi connectivity index (χ1v) is 10.4. The molecule has 0 aliphatic carbocycles. The maximum absolute atomic E-state index is 9.77. The number of aliphatic hydroxyl groups is 2. The van der Waals surface area contributed by atoms with Crippen LogP contribution in [-0.4, -0.2) is 65.7 Å². The minimum absolute atomic E-state index is 0.149. The van der Waals surface area contributed by atoms with Crippen molar-refractivity contribution in [2.45, 2.75) is 60.6 Å². The Morgan fingerprint density at radius 1 is 0.895 bits per heavy atom. The van der Waals surface area contributed by atoms with E-state index in [1.165, 1.54) is 25.7 Å². The Hall–Kier alpha value is -0.341. The van der Waals surface area contributed by atoms with Gasteiger partial charge in [-0.1, -0.05) is 0 Å². The Kier molecular flexibility index (Phi) is 15.5. The molecule has 0 bridgehead atoms. The van der Waals surface area contributed by atoms with Crippen LogP contribution in [0.3, 0.4) is 0 Å². The maximum Gasteiger partial charge on any atom is 0.335 e. The van der Waals surface area contributed by atoms with Crippen molar-refractivity contribution in [2.75, 3.05) is 0 Å². The average molecular weight is 383 g/mol. The Morgan fingerprint density at radius 2 is 1.21 bits per heavy atom. The molecule has 2 atom stereocenters. The molecule has 0 fully saturated rings. The van der Waals surface area contributed by atoms with E-state index in [2.05, 4.69) is 13.8 Å². The summed E-state index contributed by atoms with van der Waals surface area (Å²) < 4.78 is 3.25. The second-order valence-electron chi connectivity index (χ2n) is 4.02. The number of hydrogen-bond acceptors (Lipinski definition) is 4. The van der Waals surface area contributed by atoms with Gasteiger partial charge in [-0.15, -0.1) is 0 Å². The standard InChI is InChI=1S/C4H6O6.2C4H9.Sn/c5-1(3(7)8)2(6)4(9)10;2*1-3-4-2;/h1-2,5-6H,(H,7,8)(H,9,10);2*1,3-4H2,2H3;. The molecule has 0 saturated heterocycles. The number of carbonyl (C=O) groups is 2. The molecule has 2 radical (unpaired) electrons. The van der Waals surface area contributed by atoms with Crippen LogP contribution in [-0.2, 0) is 9.59 Å². The van der Waals surface area contributed by atoms with Crippen molar-refractivity contribution in [1.29, 1.82) is 0 Å². The zero-order chi connectivity index (χ0) is 15.3. The van der Waals surface area contributed by atoms with Crippen molar-refractivity contribution in [3.63, 3.8) is 0 Å². The van der Waals surface area contributed by atoms with Crippen LogP contribution in [0.2, 0.25) is 8.87 Å². The largest absolute Gasteiger partial charge is 0.479 e. The zero-order valence-corrected chi connectivity index (χ0v) is 14.4. The molecular weight excluding hydrogens is 359 g/mol. The van der Waals surface area contributed by atoms with Gasteiger partial charge in [0.25, 0.3) is 0 Å².